The summed E-state index contributed by atoms with van der Waals surface area (Å²) in [4.78, 5) is 44.6. The fourth-order valence-corrected chi connectivity index (χ4v) is 7.13. The minimum atomic E-state index is -2.38. The first-order chi connectivity index (χ1) is 17.5. The third-order valence-electron chi connectivity index (χ3n) is 8.58. The monoisotopic (exact) mass is 513 g/mol. The molecular formula is C27H35N3O7. The SMILES string of the molecule is COc1ccc2c(c1)N1[C@H]3[C@@H]2[C@H](O)[C@@]2(O)C(=O)N4CCC[C@H]4C(=O)N2[C@H]3CC(C)(C)OO[C@H]1C=C(C)C. The van der Waals surface area contributed by atoms with Gasteiger partial charge in [0.25, 0.3) is 5.91 Å². The van der Waals surface area contributed by atoms with Crippen molar-refractivity contribution in [1.82, 2.24) is 9.80 Å². The lowest BCUT2D eigenvalue weighted by molar-refractivity contribution is -0.380. The third kappa shape index (κ3) is 3.32. The molecule has 2 amide bonds. The van der Waals surface area contributed by atoms with Gasteiger partial charge in [-0.15, -0.1) is 0 Å². The number of amides is 2. The molecule has 0 aliphatic carbocycles. The number of ether oxygens (including phenoxy) is 1. The molecule has 200 valence electrons. The van der Waals surface area contributed by atoms with Crippen LogP contribution in [0.2, 0.25) is 0 Å². The van der Waals surface area contributed by atoms with Crippen LogP contribution in [0.1, 0.15) is 58.4 Å². The molecule has 5 aliphatic heterocycles. The van der Waals surface area contributed by atoms with Gasteiger partial charge in [0, 0.05) is 30.6 Å². The molecule has 5 heterocycles. The number of benzene rings is 1. The lowest BCUT2D eigenvalue weighted by Gasteiger charge is -2.60. The Labute approximate surface area is 216 Å². The van der Waals surface area contributed by atoms with Crippen LogP contribution in [0.15, 0.2) is 29.8 Å². The molecule has 0 spiro atoms. The molecule has 10 heteroatoms. The van der Waals surface area contributed by atoms with E-state index in [-0.39, 0.29) is 12.3 Å². The van der Waals surface area contributed by atoms with Crippen molar-refractivity contribution in [2.24, 2.45) is 0 Å². The van der Waals surface area contributed by atoms with Crippen LogP contribution in [0.4, 0.5) is 5.69 Å². The van der Waals surface area contributed by atoms with Gasteiger partial charge in [0.15, 0.2) is 6.23 Å². The number of anilines is 1. The second-order valence-electron chi connectivity index (χ2n) is 11.7. The number of fused-ring (bicyclic) bond motifs is 6. The zero-order chi connectivity index (χ0) is 26.4. The smallest absolute Gasteiger partial charge is 0.279 e. The van der Waals surface area contributed by atoms with Crippen molar-refractivity contribution >= 4 is 17.5 Å². The van der Waals surface area contributed by atoms with Gasteiger partial charge < -0.3 is 24.7 Å². The Morgan fingerprint density at radius 3 is 2.70 bits per heavy atom. The standard InChI is InChI=1S/C27H35N3O7/c1-14(2)11-20-29-18-12-15(35-5)8-9-16(18)21-22(29)19(13-26(3,4)37-36-20)30-24(32)17-7-6-10-28(17)25(33)27(30,34)23(21)31/h8-9,11-12,17,19-23,31,34H,6-7,10,13H2,1-5H3/t17-,19-,20-,21+,22+,23-,27+/m0/s1. The Bertz CT molecular complexity index is 1180. The summed E-state index contributed by atoms with van der Waals surface area (Å²) in [5.74, 6) is -0.973. The molecule has 0 radical (unpaired) electrons. The van der Waals surface area contributed by atoms with E-state index in [1.54, 1.807) is 13.2 Å². The average Bonchev–Trinajstić information content (AvgIpc) is 3.46. The fourth-order valence-electron chi connectivity index (χ4n) is 7.13. The predicted molar refractivity (Wildman–Crippen MR) is 132 cm³/mol. The molecule has 0 bridgehead atoms. The highest BCUT2D eigenvalue weighted by atomic mass is 17.2. The molecule has 10 nitrogen and oxygen atoms in total. The van der Waals surface area contributed by atoms with Crippen LogP contribution in [0.25, 0.3) is 0 Å². The van der Waals surface area contributed by atoms with E-state index in [0.29, 0.717) is 25.1 Å². The van der Waals surface area contributed by atoms with Gasteiger partial charge in [-0.2, -0.15) is 0 Å². The number of methoxy groups -OCH3 is 1. The van der Waals surface area contributed by atoms with E-state index in [0.717, 1.165) is 16.8 Å². The van der Waals surface area contributed by atoms with E-state index in [1.165, 1.54) is 9.80 Å². The number of rotatable bonds is 2. The summed E-state index contributed by atoms with van der Waals surface area (Å²) in [6.45, 7) is 8.04. The molecule has 7 atom stereocenters. The molecule has 6 rings (SSSR count). The van der Waals surface area contributed by atoms with Gasteiger partial charge in [0.2, 0.25) is 11.6 Å². The highest BCUT2D eigenvalue weighted by Gasteiger charge is 2.71. The Kier molecular flexibility index (Phi) is 5.44. The Hall–Kier alpha value is -2.66. The normalized spacial score (nSPS) is 37.8. The van der Waals surface area contributed by atoms with Gasteiger partial charge in [-0.05, 0) is 58.2 Å². The summed E-state index contributed by atoms with van der Waals surface area (Å²) in [6, 6.07) is 3.78. The molecule has 0 unspecified atom stereocenters. The molecule has 0 saturated carbocycles. The zero-order valence-corrected chi connectivity index (χ0v) is 21.9. The summed E-state index contributed by atoms with van der Waals surface area (Å²) in [5, 5.41) is 24.0. The van der Waals surface area contributed by atoms with Gasteiger partial charge in [-0.25, -0.2) is 9.78 Å². The molecule has 2 N–H and O–H groups in total. The van der Waals surface area contributed by atoms with E-state index >= 15 is 0 Å². The predicted octanol–water partition coefficient (Wildman–Crippen LogP) is 1.66. The molecule has 4 fully saturated rings. The maximum atomic E-state index is 14.0. The lowest BCUT2D eigenvalue weighted by Crippen LogP contribution is -2.82. The van der Waals surface area contributed by atoms with Crippen LogP contribution in [0, 0.1) is 0 Å². The van der Waals surface area contributed by atoms with E-state index in [2.05, 4.69) is 0 Å². The number of aliphatic hydroxyl groups excluding tert-OH is 1. The van der Waals surface area contributed by atoms with Gasteiger partial charge >= 0.3 is 0 Å². The van der Waals surface area contributed by atoms with Crippen molar-refractivity contribution < 1.29 is 34.3 Å². The van der Waals surface area contributed by atoms with Gasteiger partial charge in [-0.1, -0.05) is 11.6 Å². The molecule has 0 aromatic heterocycles. The Balaban J connectivity index is 1.60. The zero-order valence-electron chi connectivity index (χ0n) is 21.9. The molecule has 37 heavy (non-hydrogen) atoms. The van der Waals surface area contributed by atoms with Gasteiger partial charge in [-0.3, -0.25) is 14.5 Å². The largest absolute Gasteiger partial charge is 0.497 e. The Morgan fingerprint density at radius 1 is 1.24 bits per heavy atom. The first-order valence-electron chi connectivity index (χ1n) is 13.0. The summed E-state index contributed by atoms with van der Waals surface area (Å²) in [7, 11) is 1.58. The summed E-state index contributed by atoms with van der Waals surface area (Å²) in [5.41, 5.74) is -0.723. The minimum Gasteiger partial charge on any atom is -0.497 e. The summed E-state index contributed by atoms with van der Waals surface area (Å²) in [6.07, 6.45) is 1.22. The quantitative estimate of drug-likeness (QED) is 0.454. The number of nitrogens with zero attached hydrogens (tertiary/aromatic N) is 3. The summed E-state index contributed by atoms with van der Waals surface area (Å²) < 4.78 is 5.51. The Morgan fingerprint density at radius 2 is 2.00 bits per heavy atom. The lowest BCUT2D eigenvalue weighted by atomic mass is 9.71. The van der Waals surface area contributed by atoms with Crippen molar-refractivity contribution in [3.63, 3.8) is 0 Å². The number of piperazine rings is 1. The van der Waals surface area contributed by atoms with Crippen molar-refractivity contribution in [3.8, 4) is 5.75 Å². The minimum absolute atomic E-state index is 0.290. The number of hydrogen-bond acceptors (Lipinski definition) is 8. The first kappa shape index (κ1) is 24.7. The molecule has 1 aromatic carbocycles. The highest BCUT2D eigenvalue weighted by Crippen LogP contribution is 2.56. The van der Waals surface area contributed by atoms with E-state index in [1.807, 2.05) is 50.8 Å². The second-order valence-corrected chi connectivity index (χ2v) is 11.7. The van der Waals surface area contributed by atoms with Crippen LogP contribution < -0.4 is 9.64 Å². The van der Waals surface area contributed by atoms with E-state index in [4.69, 9.17) is 14.5 Å². The number of piperidine rings is 1. The maximum absolute atomic E-state index is 14.0. The maximum Gasteiger partial charge on any atom is 0.279 e. The molecule has 1 aromatic rings. The molecule has 5 aliphatic rings. The van der Waals surface area contributed by atoms with Crippen molar-refractivity contribution in [1.29, 1.82) is 0 Å². The van der Waals surface area contributed by atoms with E-state index in [9.17, 15) is 19.8 Å². The molecule has 4 saturated heterocycles. The van der Waals surface area contributed by atoms with Crippen LogP contribution in [-0.4, -0.2) is 87.3 Å². The number of carbonyl (C=O) groups excluding carboxylic acids is 2. The average molecular weight is 514 g/mol. The van der Waals surface area contributed by atoms with Gasteiger partial charge in [0.05, 0.1) is 19.2 Å². The number of carbonyl (C=O) groups is 2. The topological polar surface area (TPSA) is 112 Å². The molecular weight excluding hydrogens is 478 g/mol. The van der Waals surface area contributed by atoms with Crippen LogP contribution in [0.5, 0.6) is 5.75 Å². The first-order valence-corrected chi connectivity index (χ1v) is 13.0. The van der Waals surface area contributed by atoms with Crippen LogP contribution in [-0.2, 0) is 19.4 Å². The van der Waals surface area contributed by atoms with Crippen LogP contribution in [0.3, 0.4) is 0 Å². The second kappa shape index (κ2) is 8.17. The van der Waals surface area contributed by atoms with Crippen LogP contribution >= 0.6 is 0 Å². The van der Waals surface area contributed by atoms with E-state index < -0.39 is 53.6 Å². The fraction of sp³-hybridized carbons (Fsp3) is 0.630. The van der Waals surface area contributed by atoms with Gasteiger partial charge in [0.1, 0.15) is 23.5 Å². The van der Waals surface area contributed by atoms with Crippen molar-refractivity contribution in [2.45, 2.75) is 94.7 Å². The number of allylic oxidation sites excluding steroid dienone is 1. The highest BCUT2D eigenvalue weighted by molar-refractivity contribution is 6.00. The van der Waals surface area contributed by atoms with Crippen molar-refractivity contribution in [3.05, 3.63) is 35.4 Å². The summed E-state index contributed by atoms with van der Waals surface area (Å²) >= 11 is 0. The van der Waals surface area contributed by atoms with Crippen molar-refractivity contribution in [2.75, 3.05) is 18.6 Å². The third-order valence-corrected chi connectivity index (χ3v) is 8.58. The number of aliphatic hydroxyl groups is 2. The number of hydrogen-bond donors (Lipinski definition) is 2.